The van der Waals surface area contributed by atoms with Crippen molar-refractivity contribution in [2.24, 2.45) is 0 Å². The van der Waals surface area contributed by atoms with Gasteiger partial charge >= 0.3 is 33.6 Å². The minimum absolute atomic E-state index is 0.0653. The third-order valence-corrected chi connectivity index (χ3v) is 2.74. The van der Waals surface area contributed by atoms with Crippen LogP contribution in [0.3, 0.4) is 0 Å². The fourth-order valence-electron chi connectivity index (χ4n) is 0.586. The van der Waals surface area contributed by atoms with Gasteiger partial charge in [-0.3, -0.25) is 0 Å². The van der Waals surface area contributed by atoms with Gasteiger partial charge in [-0.1, -0.05) is 0 Å². The molecule has 0 saturated carbocycles. The highest BCUT2D eigenvalue weighted by Crippen LogP contribution is 2.46. The van der Waals surface area contributed by atoms with Crippen LogP contribution in [-0.4, -0.2) is 38.5 Å². The highest BCUT2D eigenvalue weighted by Gasteiger charge is 2.73. The van der Waals surface area contributed by atoms with Gasteiger partial charge in [0.1, 0.15) is 0 Å². The molecule has 1 N–H and O–H groups in total. The molecule has 0 amide bonds. The van der Waals surface area contributed by atoms with Crippen LogP contribution in [0.2, 0.25) is 0 Å². The smallest absolute Gasteiger partial charge is 0.203 e. The van der Waals surface area contributed by atoms with E-state index in [9.17, 15) is 52.3 Å². The molecule has 3 nitrogen and oxygen atoms in total. The van der Waals surface area contributed by atoms with Crippen LogP contribution >= 0.6 is 0 Å². The van der Waals surface area contributed by atoms with E-state index in [1.54, 1.807) is 0 Å². The predicted octanol–water partition coefficient (Wildman–Crippen LogP) is 2.26. The second-order valence-electron chi connectivity index (χ2n) is 3.05. The zero-order valence-electron chi connectivity index (χ0n) is 8.21. The zero-order chi connectivity index (χ0) is 15.9. The molecule has 0 bridgehead atoms. The molecule has 19 heavy (non-hydrogen) atoms. The monoisotopic (exact) mass is 331 g/mol. The van der Waals surface area contributed by atoms with Crippen LogP contribution in [0.5, 0.6) is 0 Å². The van der Waals surface area contributed by atoms with E-state index in [2.05, 4.69) is 0 Å². The van der Waals surface area contributed by atoms with Crippen LogP contribution in [0.1, 0.15) is 0 Å². The standard InChI is InChI=1S/C5H3F10NO2S/c6-2(7,3(8,9)4(10,11)12)1-16-19(17,18)5(13,14)15/h16H,1H2. The van der Waals surface area contributed by atoms with Crippen LogP contribution in [0.4, 0.5) is 43.9 Å². The normalized spacial score (nSPS) is 15.7. The Balaban J connectivity index is 5.13. The maximum absolute atomic E-state index is 12.5. The summed E-state index contributed by atoms with van der Waals surface area (Å²) in [6.07, 6.45) is -6.76. The number of alkyl halides is 10. The second-order valence-corrected chi connectivity index (χ2v) is 4.81. The highest BCUT2D eigenvalue weighted by atomic mass is 32.2. The van der Waals surface area contributed by atoms with Crippen molar-refractivity contribution in [2.75, 3.05) is 6.54 Å². The van der Waals surface area contributed by atoms with Gasteiger partial charge in [0.2, 0.25) is 0 Å². The number of rotatable bonds is 4. The molecule has 0 aliphatic carbocycles. The topological polar surface area (TPSA) is 46.2 Å². The van der Waals surface area contributed by atoms with Crippen LogP contribution in [-0.2, 0) is 10.0 Å². The Morgan fingerprint density at radius 3 is 1.42 bits per heavy atom. The molecule has 0 heterocycles. The molecule has 0 rings (SSSR count). The van der Waals surface area contributed by atoms with E-state index < -0.39 is 40.1 Å². The quantitative estimate of drug-likeness (QED) is 0.804. The molecule has 14 heteroatoms. The molecular formula is C5H3F10NO2S. The molecule has 0 aromatic heterocycles. The summed E-state index contributed by atoms with van der Waals surface area (Å²) in [4.78, 5) is 0. The molecule has 0 aliphatic rings. The Morgan fingerprint density at radius 2 is 1.16 bits per heavy atom. The van der Waals surface area contributed by atoms with Gasteiger partial charge in [0.05, 0.1) is 6.54 Å². The number of hydrogen-bond donors (Lipinski definition) is 1. The average Bonchev–Trinajstić information content (AvgIpc) is 2.11. The molecule has 0 saturated heterocycles. The Morgan fingerprint density at radius 1 is 0.789 bits per heavy atom. The molecule has 0 spiro atoms. The van der Waals surface area contributed by atoms with Gasteiger partial charge in [0.15, 0.2) is 0 Å². The molecule has 0 atom stereocenters. The summed E-state index contributed by atoms with van der Waals surface area (Å²) in [6.45, 7) is -3.07. The average molecular weight is 331 g/mol. The molecule has 0 radical (unpaired) electrons. The first kappa shape index (κ1) is 18.2. The van der Waals surface area contributed by atoms with Crippen LogP contribution in [0.15, 0.2) is 0 Å². The van der Waals surface area contributed by atoms with E-state index in [4.69, 9.17) is 0 Å². The molecular weight excluding hydrogens is 328 g/mol. The van der Waals surface area contributed by atoms with Crippen molar-refractivity contribution in [2.45, 2.75) is 23.5 Å². The van der Waals surface area contributed by atoms with Gasteiger partial charge in [-0.05, 0) is 0 Å². The van der Waals surface area contributed by atoms with Crippen molar-refractivity contribution in [1.29, 1.82) is 0 Å². The third kappa shape index (κ3) is 3.61. The van der Waals surface area contributed by atoms with E-state index in [0.29, 0.717) is 0 Å². The zero-order valence-corrected chi connectivity index (χ0v) is 9.03. The summed E-state index contributed by atoms with van der Waals surface area (Å²) in [5.41, 5.74) is -6.13. The summed E-state index contributed by atoms with van der Waals surface area (Å²) >= 11 is 0. The fourth-order valence-corrected chi connectivity index (χ4v) is 1.12. The Bertz CT molecular complexity index is 420. The molecule has 116 valence electrons. The van der Waals surface area contributed by atoms with E-state index in [1.807, 2.05) is 0 Å². The summed E-state index contributed by atoms with van der Waals surface area (Å²) in [5, 5.41) is 0. The molecule has 0 aromatic carbocycles. The van der Waals surface area contributed by atoms with Crippen molar-refractivity contribution in [3.05, 3.63) is 0 Å². The minimum atomic E-state index is -6.76. The van der Waals surface area contributed by atoms with E-state index in [-0.39, 0.29) is 4.72 Å². The third-order valence-electron chi connectivity index (χ3n) is 1.60. The van der Waals surface area contributed by atoms with Crippen LogP contribution in [0.25, 0.3) is 0 Å². The van der Waals surface area contributed by atoms with Crippen LogP contribution < -0.4 is 4.72 Å². The summed E-state index contributed by atoms with van der Waals surface area (Å²) in [6, 6.07) is 0. The number of sulfonamides is 1. The first-order valence-corrected chi connectivity index (χ1v) is 5.32. The summed E-state index contributed by atoms with van der Waals surface area (Å²) in [5.74, 6) is -12.8. The van der Waals surface area contributed by atoms with E-state index in [1.165, 1.54) is 0 Å². The lowest BCUT2D eigenvalue weighted by Crippen LogP contribution is -2.57. The van der Waals surface area contributed by atoms with Gasteiger partial charge < -0.3 is 0 Å². The molecule has 0 aromatic rings. The van der Waals surface area contributed by atoms with E-state index >= 15 is 0 Å². The Labute approximate surface area is 98.2 Å². The number of halogens is 10. The van der Waals surface area contributed by atoms with Crippen molar-refractivity contribution in [3.63, 3.8) is 0 Å². The Kier molecular flexibility index (Phi) is 4.45. The molecule has 0 aliphatic heterocycles. The minimum Gasteiger partial charge on any atom is -0.203 e. The fraction of sp³-hybridized carbons (Fsp3) is 1.00. The van der Waals surface area contributed by atoms with Gasteiger partial charge in [0, 0.05) is 0 Å². The molecule has 0 fully saturated rings. The SMILES string of the molecule is O=S(=O)(NCC(F)(F)C(F)(F)C(F)(F)F)C(F)(F)F. The van der Waals surface area contributed by atoms with Crippen molar-refractivity contribution in [1.82, 2.24) is 4.72 Å². The summed E-state index contributed by atoms with van der Waals surface area (Å²) < 4.78 is 139. The van der Waals surface area contributed by atoms with Crippen LogP contribution in [0, 0.1) is 0 Å². The van der Waals surface area contributed by atoms with Gasteiger partial charge in [0.25, 0.3) is 0 Å². The van der Waals surface area contributed by atoms with Gasteiger partial charge in [-0.2, -0.15) is 43.9 Å². The van der Waals surface area contributed by atoms with Crippen molar-refractivity contribution < 1.29 is 52.3 Å². The summed E-state index contributed by atoms with van der Waals surface area (Å²) in [7, 11) is -6.47. The lowest BCUT2D eigenvalue weighted by molar-refractivity contribution is -0.352. The number of hydrogen-bond acceptors (Lipinski definition) is 2. The second kappa shape index (κ2) is 4.64. The maximum atomic E-state index is 12.5. The molecule has 0 unspecified atom stereocenters. The lowest BCUT2D eigenvalue weighted by atomic mass is 10.1. The largest absolute Gasteiger partial charge is 0.511 e. The van der Waals surface area contributed by atoms with E-state index in [0.717, 1.165) is 0 Å². The lowest BCUT2D eigenvalue weighted by Gasteiger charge is -2.28. The first-order valence-electron chi connectivity index (χ1n) is 3.84. The number of nitrogens with one attached hydrogen (secondary N) is 1. The van der Waals surface area contributed by atoms with Crippen molar-refractivity contribution >= 4 is 10.0 Å². The predicted molar refractivity (Wildman–Crippen MR) is 38.9 cm³/mol. The highest BCUT2D eigenvalue weighted by molar-refractivity contribution is 7.90. The maximum Gasteiger partial charge on any atom is 0.511 e. The van der Waals surface area contributed by atoms with Gasteiger partial charge in [-0.15, -0.1) is 0 Å². The van der Waals surface area contributed by atoms with Gasteiger partial charge in [-0.25, -0.2) is 13.1 Å². The van der Waals surface area contributed by atoms with Crippen molar-refractivity contribution in [3.8, 4) is 0 Å². The Hall–Kier alpha value is -0.790. The first-order chi connectivity index (χ1) is 7.96.